The van der Waals surface area contributed by atoms with E-state index >= 15 is 0 Å². The molecule has 0 saturated carbocycles. The second kappa shape index (κ2) is 9.50. The second-order valence-electron chi connectivity index (χ2n) is 7.71. The minimum absolute atomic E-state index is 0.104. The van der Waals surface area contributed by atoms with E-state index in [1.807, 2.05) is 12.1 Å². The minimum Gasteiger partial charge on any atom is -0.395 e. The molecule has 3 rings (SSSR count). The van der Waals surface area contributed by atoms with Crippen LogP contribution in [0.1, 0.15) is 36.8 Å². The maximum atomic E-state index is 10.7. The Morgan fingerprint density at radius 3 is 2.38 bits per heavy atom. The van der Waals surface area contributed by atoms with Gasteiger partial charge in [0.15, 0.2) is 6.10 Å². The van der Waals surface area contributed by atoms with Crippen molar-refractivity contribution >= 4 is 0 Å². The highest BCUT2D eigenvalue weighted by Gasteiger charge is 2.38. The van der Waals surface area contributed by atoms with Crippen LogP contribution in [0.15, 0.2) is 24.3 Å². The summed E-state index contributed by atoms with van der Waals surface area (Å²) in [5, 5.41) is 29.1. The van der Waals surface area contributed by atoms with Crippen LogP contribution >= 0.6 is 0 Å². The molecule has 1 aromatic rings. The van der Waals surface area contributed by atoms with E-state index < -0.39 is 0 Å². The lowest BCUT2D eigenvalue weighted by Gasteiger charge is -2.39. The Hall–Kier alpha value is -1.42. The first-order valence-electron chi connectivity index (χ1n) is 9.88. The number of hydrogen-bond donors (Lipinski definition) is 5. The van der Waals surface area contributed by atoms with Gasteiger partial charge in [0.2, 0.25) is 0 Å². The average molecular weight is 360 g/mol. The number of piperidine rings is 2. The van der Waals surface area contributed by atoms with Crippen LogP contribution in [-0.2, 0) is 6.54 Å². The van der Waals surface area contributed by atoms with Crippen LogP contribution < -0.4 is 9.80 Å². The molecule has 2 fully saturated rings. The molecule has 26 heavy (non-hydrogen) atoms. The molecule has 2 aliphatic heterocycles. The predicted molar refractivity (Wildman–Crippen MR) is 99.8 cm³/mol. The molecule has 2 aliphatic rings. The smallest absolute Gasteiger partial charge is 0.155 e. The van der Waals surface area contributed by atoms with E-state index in [0.29, 0.717) is 12.5 Å². The van der Waals surface area contributed by atoms with E-state index in [-0.39, 0.29) is 18.8 Å². The van der Waals surface area contributed by atoms with Crippen LogP contribution in [0.25, 0.3) is 0 Å². The molecule has 0 amide bonds. The van der Waals surface area contributed by atoms with Crippen molar-refractivity contribution in [2.24, 2.45) is 0 Å². The Morgan fingerprint density at radius 2 is 1.73 bits per heavy atom. The first-order chi connectivity index (χ1) is 12.7. The van der Waals surface area contributed by atoms with Gasteiger partial charge in [-0.1, -0.05) is 24.0 Å². The minimum atomic E-state index is -0.257. The number of aliphatic hydroxyl groups excluding tert-OH is 3. The zero-order valence-electron chi connectivity index (χ0n) is 15.5. The molecule has 5 heteroatoms. The quantitative estimate of drug-likeness (QED) is 0.403. The van der Waals surface area contributed by atoms with Gasteiger partial charge in [-0.05, 0) is 12.1 Å². The number of quaternary nitrogens is 2. The first-order valence-corrected chi connectivity index (χ1v) is 9.88. The van der Waals surface area contributed by atoms with Gasteiger partial charge in [0.25, 0.3) is 0 Å². The summed E-state index contributed by atoms with van der Waals surface area (Å²) in [5.41, 5.74) is 2.25. The predicted octanol–water partition coefficient (Wildman–Crippen LogP) is -2.02. The largest absolute Gasteiger partial charge is 0.395 e. The molecule has 142 valence electrons. The molecule has 0 radical (unpaired) electrons. The van der Waals surface area contributed by atoms with Gasteiger partial charge in [0.1, 0.15) is 19.1 Å². The summed E-state index contributed by atoms with van der Waals surface area (Å²) in [4.78, 5) is 2.91. The number of nitrogens with one attached hydrogen (secondary N) is 2. The van der Waals surface area contributed by atoms with Gasteiger partial charge in [-0.2, -0.15) is 0 Å². The van der Waals surface area contributed by atoms with Crippen molar-refractivity contribution in [2.75, 3.05) is 32.8 Å². The van der Waals surface area contributed by atoms with Gasteiger partial charge in [-0.3, -0.25) is 0 Å². The van der Waals surface area contributed by atoms with E-state index in [2.05, 4.69) is 24.0 Å². The topological polar surface area (TPSA) is 69.6 Å². The molecule has 3 atom stereocenters. The van der Waals surface area contributed by atoms with Crippen molar-refractivity contribution in [2.45, 2.75) is 50.5 Å². The van der Waals surface area contributed by atoms with Gasteiger partial charge in [0.05, 0.1) is 38.8 Å². The van der Waals surface area contributed by atoms with Crippen LogP contribution in [0.5, 0.6) is 0 Å². The summed E-state index contributed by atoms with van der Waals surface area (Å²) in [5.74, 6) is 5.99. The van der Waals surface area contributed by atoms with Gasteiger partial charge in [-0.15, -0.1) is 0 Å². The van der Waals surface area contributed by atoms with E-state index in [1.54, 1.807) is 0 Å². The van der Waals surface area contributed by atoms with Crippen LogP contribution in [0.4, 0.5) is 0 Å². The Labute approximate surface area is 156 Å². The lowest BCUT2D eigenvalue weighted by Crippen LogP contribution is -3.23. The van der Waals surface area contributed by atoms with E-state index in [0.717, 1.165) is 57.5 Å². The average Bonchev–Trinajstić information content (AvgIpc) is 2.65. The molecule has 5 nitrogen and oxygen atoms in total. The zero-order chi connectivity index (χ0) is 18.4. The van der Waals surface area contributed by atoms with Gasteiger partial charge in [0, 0.05) is 30.4 Å². The Morgan fingerprint density at radius 1 is 1.00 bits per heavy atom. The van der Waals surface area contributed by atoms with Gasteiger partial charge < -0.3 is 25.1 Å². The summed E-state index contributed by atoms with van der Waals surface area (Å²) in [7, 11) is 0. The number of aliphatic hydroxyl groups is 3. The fraction of sp³-hybridized carbons (Fsp3) is 0.619. The van der Waals surface area contributed by atoms with E-state index in [9.17, 15) is 10.2 Å². The number of benzene rings is 1. The lowest BCUT2D eigenvalue weighted by atomic mass is 9.96. The summed E-state index contributed by atoms with van der Waals surface area (Å²) in [6, 6.07) is 8.63. The number of likely N-dealkylation sites (tertiary alicyclic amines) is 2. The van der Waals surface area contributed by atoms with E-state index in [4.69, 9.17) is 5.11 Å². The lowest BCUT2D eigenvalue weighted by molar-refractivity contribution is -0.971. The highest BCUT2D eigenvalue weighted by atomic mass is 16.3. The first kappa shape index (κ1) is 19.3. The fourth-order valence-electron chi connectivity index (χ4n) is 4.29. The van der Waals surface area contributed by atoms with Crippen molar-refractivity contribution in [1.29, 1.82) is 0 Å². The Balaban J connectivity index is 1.49. The maximum Gasteiger partial charge on any atom is 0.155 e. The van der Waals surface area contributed by atoms with E-state index in [1.165, 1.54) is 15.4 Å². The maximum absolute atomic E-state index is 10.7. The molecule has 1 unspecified atom stereocenters. The zero-order valence-corrected chi connectivity index (χ0v) is 15.5. The van der Waals surface area contributed by atoms with Crippen molar-refractivity contribution in [1.82, 2.24) is 0 Å². The van der Waals surface area contributed by atoms with Crippen LogP contribution in [0, 0.1) is 11.8 Å². The highest BCUT2D eigenvalue weighted by Crippen LogP contribution is 2.06. The second-order valence-corrected chi connectivity index (χ2v) is 7.71. The number of rotatable bonds is 4. The van der Waals surface area contributed by atoms with Crippen LogP contribution in [0.3, 0.4) is 0 Å². The van der Waals surface area contributed by atoms with Crippen molar-refractivity contribution in [3.63, 3.8) is 0 Å². The monoisotopic (exact) mass is 360 g/mol. The molecule has 2 heterocycles. The standard InChI is InChI=1S/C21H30N2O3/c24-14-2-1-3-17-4-6-18(7-5-17)15-22-11-10-20(21(26)16-22)23-12-8-19(25)9-13-23/h4-7,19-21,24-26H,2,8-16H2/p+2/t20-,21-/m1/s1. The summed E-state index contributed by atoms with van der Waals surface area (Å²) < 4.78 is 0. The molecule has 2 saturated heterocycles. The molecule has 0 spiro atoms. The Bertz CT molecular complexity index is 614. The highest BCUT2D eigenvalue weighted by molar-refractivity contribution is 5.35. The number of hydrogen-bond acceptors (Lipinski definition) is 3. The van der Waals surface area contributed by atoms with Gasteiger partial charge >= 0.3 is 0 Å². The molecule has 5 N–H and O–H groups in total. The normalized spacial score (nSPS) is 31.9. The van der Waals surface area contributed by atoms with Crippen molar-refractivity contribution in [3.05, 3.63) is 35.4 Å². The third kappa shape index (κ3) is 5.29. The van der Waals surface area contributed by atoms with Gasteiger partial charge in [-0.25, -0.2) is 0 Å². The SMILES string of the molecule is OCCC#Cc1ccc(C[NH+]2CC[C@@H]([NH+]3CCC(O)CC3)[C@H](O)C2)cc1. The Kier molecular flexibility index (Phi) is 7.07. The van der Waals surface area contributed by atoms with Crippen LogP contribution in [-0.4, -0.2) is 66.4 Å². The molecule has 0 aliphatic carbocycles. The summed E-state index contributed by atoms with van der Waals surface area (Å²) >= 11 is 0. The summed E-state index contributed by atoms with van der Waals surface area (Å²) in [6.07, 6.45) is 2.89. The molecular weight excluding hydrogens is 328 g/mol. The summed E-state index contributed by atoms with van der Waals surface area (Å²) in [6.45, 7) is 4.89. The molecule has 0 bridgehead atoms. The fourth-order valence-corrected chi connectivity index (χ4v) is 4.29. The third-order valence-corrected chi connectivity index (χ3v) is 5.77. The third-order valence-electron chi connectivity index (χ3n) is 5.77. The van der Waals surface area contributed by atoms with Crippen molar-refractivity contribution in [3.8, 4) is 11.8 Å². The van der Waals surface area contributed by atoms with Crippen molar-refractivity contribution < 1.29 is 25.1 Å². The molecule has 0 aromatic heterocycles. The molecule has 1 aromatic carbocycles. The van der Waals surface area contributed by atoms with Crippen LogP contribution in [0.2, 0.25) is 0 Å². The molecular formula is C21H32N2O3+2.